The van der Waals surface area contributed by atoms with Crippen LogP contribution in [0.1, 0.15) is 82.5 Å². The van der Waals surface area contributed by atoms with E-state index in [0.717, 1.165) is 48.5 Å². The zero-order chi connectivity index (χ0) is 25.6. The Balaban J connectivity index is 1.46. The number of carbonyl (C=O) groups is 1. The van der Waals surface area contributed by atoms with Gasteiger partial charge in [-0.15, -0.1) is 0 Å². The van der Waals surface area contributed by atoms with E-state index in [0.29, 0.717) is 11.3 Å². The SMILES string of the molecule is CCCCCCCCOc1ccc(-c2ccc(OC(=O)c3ccc(OC(C)CCC)cc3)cc2)cc1. The Kier molecular flexibility index (Phi) is 11.4. The van der Waals surface area contributed by atoms with Gasteiger partial charge in [0.15, 0.2) is 0 Å². The minimum absolute atomic E-state index is 0.153. The first-order chi connectivity index (χ1) is 17.6. The Hall–Kier alpha value is -3.27. The van der Waals surface area contributed by atoms with Crippen LogP contribution in [-0.2, 0) is 0 Å². The van der Waals surface area contributed by atoms with Crippen molar-refractivity contribution < 1.29 is 19.0 Å². The molecule has 0 spiro atoms. The Labute approximate surface area is 216 Å². The van der Waals surface area contributed by atoms with Gasteiger partial charge >= 0.3 is 5.97 Å². The van der Waals surface area contributed by atoms with Crippen molar-refractivity contribution in [2.45, 2.75) is 78.2 Å². The van der Waals surface area contributed by atoms with E-state index in [1.54, 1.807) is 12.1 Å². The van der Waals surface area contributed by atoms with Gasteiger partial charge in [-0.2, -0.15) is 0 Å². The maximum Gasteiger partial charge on any atom is 0.343 e. The maximum absolute atomic E-state index is 12.5. The largest absolute Gasteiger partial charge is 0.494 e. The van der Waals surface area contributed by atoms with Crippen LogP contribution in [0, 0.1) is 0 Å². The fraction of sp³-hybridized carbons (Fsp3) is 0.406. The van der Waals surface area contributed by atoms with Crippen molar-refractivity contribution in [1.29, 1.82) is 0 Å². The van der Waals surface area contributed by atoms with E-state index < -0.39 is 0 Å². The second-order valence-electron chi connectivity index (χ2n) is 9.30. The number of ether oxygens (including phenoxy) is 3. The molecule has 3 aromatic rings. The fourth-order valence-electron chi connectivity index (χ4n) is 4.06. The van der Waals surface area contributed by atoms with Gasteiger partial charge in [0.1, 0.15) is 17.2 Å². The lowest BCUT2D eigenvalue weighted by atomic mass is 10.1. The summed E-state index contributed by atoms with van der Waals surface area (Å²) >= 11 is 0. The summed E-state index contributed by atoms with van der Waals surface area (Å²) in [5.74, 6) is 1.78. The molecule has 0 N–H and O–H groups in total. The molecule has 0 aliphatic rings. The van der Waals surface area contributed by atoms with E-state index in [9.17, 15) is 4.79 Å². The highest BCUT2D eigenvalue weighted by molar-refractivity contribution is 5.91. The molecule has 0 aliphatic carbocycles. The Morgan fingerprint density at radius 1 is 0.667 bits per heavy atom. The lowest BCUT2D eigenvalue weighted by Gasteiger charge is -2.13. The van der Waals surface area contributed by atoms with E-state index in [2.05, 4.69) is 32.9 Å². The van der Waals surface area contributed by atoms with E-state index >= 15 is 0 Å². The Morgan fingerprint density at radius 2 is 1.22 bits per heavy atom. The van der Waals surface area contributed by atoms with E-state index in [1.165, 1.54) is 32.1 Å². The standard InChI is InChI=1S/C32H40O4/c1-4-6-7-8-9-10-24-34-29-18-12-26(13-19-29)27-14-20-31(21-15-27)36-32(33)28-16-22-30(23-17-28)35-25(3)11-5-2/h12-23,25H,4-11,24H2,1-3H3. The molecule has 0 amide bonds. The van der Waals surface area contributed by atoms with Gasteiger partial charge in [0.25, 0.3) is 0 Å². The Morgan fingerprint density at radius 3 is 1.83 bits per heavy atom. The van der Waals surface area contributed by atoms with Crippen molar-refractivity contribution in [1.82, 2.24) is 0 Å². The number of hydrogen-bond donors (Lipinski definition) is 0. The molecule has 3 aromatic carbocycles. The molecule has 1 unspecified atom stereocenters. The van der Waals surface area contributed by atoms with Crippen LogP contribution in [-0.4, -0.2) is 18.7 Å². The first-order valence-electron chi connectivity index (χ1n) is 13.4. The summed E-state index contributed by atoms with van der Waals surface area (Å²) in [4.78, 5) is 12.5. The summed E-state index contributed by atoms with van der Waals surface area (Å²) in [6.45, 7) is 7.19. The first-order valence-corrected chi connectivity index (χ1v) is 13.4. The molecular weight excluding hydrogens is 448 g/mol. The molecule has 0 fully saturated rings. The smallest absolute Gasteiger partial charge is 0.343 e. The molecule has 0 radical (unpaired) electrons. The molecule has 4 heteroatoms. The fourth-order valence-corrected chi connectivity index (χ4v) is 4.06. The van der Waals surface area contributed by atoms with Gasteiger partial charge in [-0.3, -0.25) is 0 Å². The zero-order valence-electron chi connectivity index (χ0n) is 22.0. The van der Waals surface area contributed by atoms with Crippen molar-refractivity contribution in [2.24, 2.45) is 0 Å². The van der Waals surface area contributed by atoms with E-state index in [1.807, 2.05) is 48.5 Å². The number of benzene rings is 3. The summed E-state index contributed by atoms with van der Waals surface area (Å²) in [5, 5.41) is 0. The van der Waals surface area contributed by atoms with Crippen LogP contribution in [0.5, 0.6) is 17.2 Å². The Bertz CT molecular complexity index is 1020. The summed E-state index contributed by atoms with van der Waals surface area (Å²) in [6.07, 6.45) is 9.77. The van der Waals surface area contributed by atoms with Gasteiger partial charge in [0, 0.05) is 0 Å². The van der Waals surface area contributed by atoms with Gasteiger partial charge in [-0.05, 0) is 79.4 Å². The molecule has 0 saturated carbocycles. The molecule has 1 atom stereocenters. The van der Waals surface area contributed by atoms with Crippen molar-refractivity contribution in [3.8, 4) is 28.4 Å². The summed E-state index contributed by atoms with van der Waals surface area (Å²) < 4.78 is 17.3. The summed E-state index contributed by atoms with van der Waals surface area (Å²) in [5.41, 5.74) is 2.64. The number of esters is 1. The second kappa shape index (κ2) is 15.0. The predicted molar refractivity (Wildman–Crippen MR) is 147 cm³/mol. The third-order valence-corrected chi connectivity index (χ3v) is 6.14. The van der Waals surface area contributed by atoms with E-state index in [4.69, 9.17) is 14.2 Å². The van der Waals surface area contributed by atoms with Crippen molar-refractivity contribution in [3.05, 3.63) is 78.4 Å². The third-order valence-electron chi connectivity index (χ3n) is 6.14. The highest BCUT2D eigenvalue weighted by Crippen LogP contribution is 2.25. The summed E-state index contributed by atoms with van der Waals surface area (Å²) in [7, 11) is 0. The molecule has 0 bridgehead atoms. The van der Waals surface area contributed by atoms with Crippen LogP contribution in [0.4, 0.5) is 0 Å². The molecule has 0 aromatic heterocycles. The van der Waals surface area contributed by atoms with Crippen molar-refractivity contribution in [3.63, 3.8) is 0 Å². The van der Waals surface area contributed by atoms with Crippen molar-refractivity contribution in [2.75, 3.05) is 6.61 Å². The molecule has 0 aliphatic heterocycles. The highest BCUT2D eigenvalue weighted by Gasteiger charge is 2.10. The average Bonchev–Trinajstić information content (AvgIpc) is 2.89. The lowest BCUT2D eigenvalue weighted by Crippen LogP contribution is -2.11. The van der Waals surface area contributed by atoms with Crippen molar-refractivity contribution >= 4 is 5.97 Å². The number of hydrogen-bond acceptors (Lipinski definition) is 4. The van der Waals surface area contributed by atoms with Gasteiger partial charge in [-0.25, -0.2) is 4.79 Å². The van der Waals surface area contributed by atoms with Crippen LogP contribution in [0.2, 0.25) is 0 Å². The molecule has 0 heterocycles. The van der Waals surface area contributed by atoms with Crippen LogP contribution in [0.25, 0.3) is 11.1 Å². The molecule has 3 rings (SSSR count). The number of rotatable bonds is 15. The molecular formula is C32H40O4. The third kappa shape index (κ3) is 9.07. The van der Waals surface area contributed by atoms with E-state index in [-0.39, 0.29) is 12.1 Å². The summed E-state index contributed by atoms with van der Waals surface area (Å²) in [6, 6.07) is 22.8. The molecule has 0 saturated heterocycles. The van der Waals surface area contributed by atoms with Gasteiger partial charge in [0.05, 0.1) is 18.3 Å². The second-order valence-corrected chi connectivity index (χ2v) is 9.30. The average molecular weight is 489 g/mol. The predicted octanol–water partition coefficient (Wildman–Crippen LogP) is 8.88. The lowest BCUT2D eigenvalue weighted by molar-refractivity contribution is 0.0734. The minimum atomic E-state index is -0.386. The van der Waals surface area contributed by atoms with Crippen LogP contribution in [0.15, 0.2) is 72.8 Å². The minimum Gasteiger partial charge on any atom is -0.494 e. The van der Waals surface area contributed by atoms with Crippen LogP contribution in [0.3, 0.4) is 0 Å². The van der Waals surface area contributed by atoms with Crippen LogP contribution >= 0.6 is 0 Å². The van der Waals surface area contributed by atoms with Crippen LogP contribution < -0.4 is 14.2 Å². The zero-order valence-corrected chi connectivity index (χ0v) is 22.0. The maximum atomic E-state index is 12.5. The monoisotopic (exact) mass is 488 g/mol. The first kappa shape index (κ1) is 27.3. The normalized spacial score (nSPS) is 11.6. The van der Waals surface area contributed by atoms with Gasteiger partial charge in [-0.1, -0.05) is 76.6 Å². The molecule has 4 nitrogen and oxygen atoms in total. The topological polar surface area (TPSA) is 44.8 Å². The number of unbranched alkanes of at least 4 members (excludes halogenated alkanes) is 5. The number of carbonyl (C=O) groups excluding carboxylic acids is 1. The van der Waals surface area contributed by atoms with Gasteiger partial charge in [0.2, 0.25) is 0 Å². The molecule has 36 heavy (non-hydrogen) atoms. The highest BCUT2D eigenvalue weighted by atomic mass is 16.5. The van der Waals surface area contributed by atoms with Gasteiger partial charge < -0.3 is 14.2 Å². The quantitative estimate of drug-likeness (QED) is 0.122. The molecule has 192 valence electrons.